The summed E-state index contributed by atoms with van der Waals surface area (Å²) in [5.74, 6) is 0. The van der Waals surface area contributed by atoms with Gasteiger partial charge in [0.05, 0.1) is 6.10 Å². The third-order valence-electron chi connectivity index (χ3n) is 2.28. The van der Waals surface area contributed by atoms with Crippen molar-refractivity contribution in [3.63, 3.8) is 0 Å². The van der Waals surface area contributed by atoms with E-state index in [2.05, 4.69) is 6.92 Å². The summed E-state index contributed by atoms with van der Waals surface area (Å²) < 4.78 is 0. The summed E-state index contributed by atoms with van der Waals surface area (Å²) in [4.78, 5) is 0. The largest absolute Gasteiger partial charge is 0.393 e. The summed E-state index contributed by atoms with van der Waals surface area (Å²) in [6.07, 6.45) is 3.49. The fraction of sp³-hybridized carbons (Fsp3) is 0.500. The third-order valence-corrected chi connectivity index (χ3v) is 2.51. The molecule has 0 saturated heterocycles. The van der Waals surface area contributed by atoms with Crippen molar-refractivity contribution >= 4 is 11.6 Å². The van der Waals surface area contributed by atoms with Crippen LogP contribution in [0.2, 0.25) is 5.02 Å². The van der Waals surface area contributed by atoms with E-state index in [-0.39, 0.29) is 6.10 Å². The topological polar surface area (TPSA) is 20.2 Å². The molecule has 2 heteroatoms. The van der Waals surface area contributed by atoms with Crippen LogP contribution in [0, 0.1) is 0 Å². The molecule has 1 aromatic carbocycles. The van der Waals surface area contributed by atoms with E-state index in [1.807, 2.05) is 24.3 Å². The summed E-state index contributed by atoms with van der Waals surface area (Å²) >= 11 is 5.86. The normalized spacial score (nSPS) is 12.8. The Morgan fingerprint density at radius 2 is 2.14 bits per heavy atom. The Balaban J connectivity index is 2.37. The van der Waals surface area contributed by atoms with Crippen LogP contribution in [-0.2, 0) is 6.42 Å². The molecule has 1 aromatic rings. The Labute approximate surface area is 90.7 Å². The van der Waals surface area contributed by atoms with Gasteiger partial charge in [-0.15, -0.1) is 0 Å². The quantitative estimate of drug-likeness (QED) is 0.793. The van der Waals surface area contributed by atoms with Gasteiger partial charge in [-0.2, -0.15) is 0 Å². The molecule has 0 aliphatic heterocycles. The van der Waals surface area contributed by atoms with Crippen LogP contribution in [0.25, 0.3) is 0 Å². The molecule has 0 radical (unpaired) electrons. The van der Waals surface area contributed by atoms with Gasteiger partial charge in [-0.25, -0.2) is 0 Å². The van der Waals surface area contributed by atoms with E-state index in [4.69, 9.17) is 11.6 Å². The summed E-state index contributed by atoms with van der Waals surface area (Å²) in [5, 5.41) is 10.3. The number of aliphatic hydroxyl groups is 1. The van der Waals surface area contributed by atoms with Gasteiger partial charge in [0.1, 0.15) is 0 Å². The molecule has 1 atom stereocenters. The van der Waals surface area contributed by atoms with Crippen molar-refractivity contribution in [2.24, 2.45) is 0 Å². The third kappa shape index (κ3) is 4.12. The summed E-state index contributed by atoms with van der Waals surface area (Å²) in [6, 6.07) is 7.82. The van der Waals surface area contributed by atoms with Gasteiger partial charge in [-0.1, -0.05) is 37.1 Å². The Morgan fingerprint density at radius 3 is 2.79 bits per heavy atom. The molecule has 0 aliphatic rings. The van der Waals surface area contributed by atoms with Crippen LogP contribution in [0.5, 0.6) is 0 Å². The van der Waals surface area contributed by atoms with Gasteiger partial charge >= 0.3 is 0 Å². The molecule has 0 fully saturated rings. The van der Waals surface area contributed by atoms with E-state index in [1.165, 1.54) is 5.56 Å². The molecular weight excluding hydrogens is 196 g/mol. The maximum Gasteiger partial charge on any atom is 0.0543 e. The molecule has 1 rings (SSSR count). The monoisotopic (exact) mass is 212 g/mol. The van der Waals surface area contributed by atoms with E-state index in [1.54, 1.807) is 0 Å². The number of hydrogen-bond donors (Lipinski definition) is 1. The van der Waals surface area contributed by atoms with E-state index >= 15 is 0 Å². The van der Waals surface area contributed by atoms with Gasteiger partial charge in [-0.05, 0) is 37.0 Å². The molecule has 0 saturated carbocycles. The highest BCUT2D eigenvalue weighted by Crippen LogP contribution is 2.13. The maximum atomic E-state index is 9.55. The van der Waals surface area contributed by atoms with Gasteiger partial charge in [0.25, 0.3) is 0 Å². The first-order valence-electron chi connectivity index (χ1n) is 5.15. The summed E-state index contributed by atoms with van der Waals surface area (Å²) in [7, 11) is 0. The first-order valence-corrected chi connectivity index (χ1v) is 5.52. The molecule has 14 heavy (non-hydrogen) atoms. The van der Waals surface area contributed by atoms with Crippen molar-refractivity contribution in [3.05, 3.63) is 34.9 Å². The van der Waals surface area contributed by atoms with Gasteiger partial charge in [0, 0.05) is 5.02 Å². The van der Waals surface area contributed by atoms with E-state index in [0.717, 1.165) is 30.7 Å². The van der Waals surface area contributed by atoms with Gasteiger partial charge < -0.3 is 5.11 Å². The van der Waals surface area contributed by atoms with E-state index in [0.29, 0.717) is 0 Å². The maximum absolute atomic E-state index is 9.55. The summed E-state index contributed by atoms with van der Waals surface area (Å²) in [5.41, 5.74) is 1.20. The Hall–Kier alpha value is -0.530. The number of rotatable bonds is 5. The van der Waals surface area contributed by atoms with Crippen LogP contribution in [-0.4, -0.2) is 11.2 Å². The number of aryl methyl sites for hydroxylation is 1. The lowest BCUT2D eigenvalue weighted by atomic mass is 10.0. The fourth-order valence-corrected chi connectivity index (χ4v) is 1.72. The zero-order chi connectivity index (χ0) is 10.4. The number of aliphatic hydroxyl groups excluding tert-OH is 1. The number of benzene rings is 1. The Kier molecular flexibility index (Phi) is 4.99. The minimum Gasteiger partial charge on any atom is -0.393 e. The highest BCUT2D eigenvalue weighted by Gasteiger charge is 2.03. The first-order chi connectivity index (χ1) is 6.72. The fourth-order valence-electron chi connectivity index (χ4n) is 1.50. The molecule has 1 unspecified atom stereocenters. The average molecular weight is 213 g/mol. The van der Waals surface area contributed by atoms with Crippen LogP contribution in [0.15, 0.2) is 24.3 Å². The zero-order valence-corrected chi connectivity index (χ0v) is 9.30. The van der Waals surface area contributed by atoms with Crippen molar-refractivity contribution < 1.29 is 5.11 Å². The second-order valence-electron chi connectivity index (χ2n) is 3.61. The van der Waals surface area contributed by atoms with Crippen molar-refractivity contribution in [1.29, 1.82) is 0 Å². The minimum atomic E-state index is -0.168. The average Bonchev–Trinajstić information content (AvgIpc) is 2.15. The van der Waals surface area contributed by atoms with Crippen LogP contribution >= 0.6 is 11.6 Å². The molecular formula is C12H17ClO. The van der Waals surface area contributed by atoms with Gasteiger partial charge in [0.15, 0.2) is 0 Å². The first kappa shape index (κ1) is 11.5. The SMILES string of the molecule is CCCC(O)CCc1cccc(Cl)c1. The van der Waals surface area contributed by atoms with Crippen molar-refractivity contribution in [2.75, 3.05) is 0 Å². The predicted octanol–water partition coefficient (Wildman–Crippen LogP) is 3.43. The molecule has 0 aliphatic carbocycles. The second-order valence-corrected chi connectivity index (χ2v) is 4.05. The molecule has 1 N–H and O–H groups in total. The standard InChI is InChI=1S/C12H17ClO/c1-2-4-12(14)8-7-10-5-3-6-11(13)9-10/h3,5-6,9,12,14H,2,4,7-8H2,1H3. The summed E-state index contributed by atoms with van der Waals surface area (Å²) in [6.45, 7) is 2.09. The van der Waals surface area contributed by atoms with Crippen molar-refractivity contribution in [1.82, 2.24) is 0 Å². The highest BCUT2D eigenvalue weighted by molar-refractivity contribution is 6.30. The van der Waals surface area contributed by atoms with Crippen LogP contribution in [0.3, 0.4) is 0 Å². The molecule has 1 nitrogen and oxygen atoms in total. The zero-order valence-electron chi connectivity index (χ0n) is 8.54. The predicted molar refractivity (Wildman–Crippen MR) is 60.7 cm³/mol. The van der Waals surface area contributed by atoms with Gasteiger partial charge in [0.2, 0.25) is 0 Å². The van der Waals surface area contributed by atoms with Crippen molar-refractivity contribution in [3.8, 4) is 0 Å². The molecule has 0 aromatic heterocycles. The van der Waals surface area contributed by atoms with Crippen LogP contribution in [0.4, 0.5) is 0 Å². The Bertz CT molecular complexity index is 273. The number of halogens is 1. The lowest BCUT2D eigenvalue weighted by Crippen LogP contribution is -2.06. The molecule has 78 valence electrons. The van der Waals surface area contributed by atoms with E-state index < -0.39 is 0 Å². The minimum absolute atomic E-state index is 0.168. The molecule has 0 heterocycles. The smallest absolute Gasteiger partial charge is 0.0543 e. The van der Waals surface area contributed by atoms with Crippen LogP contribution in [0.1, 0.15) is 31.7 Å². The molecule has 0 spiro atoms. The second kappa shape index (κ2) is 6.05. The highest BCUT2D eigenvalue weighted by atomic mass is 35.5. The molecule has 0 bridgehead atoms. The van der Waals surface area contributed by atoms with Gasteiger partial charge in [-0.3, -0.25) is 0 Å². The Morgan fingerprint density at radius 1 is 1.36 bits per heavy atom. The van der Waals surface area contributed by atoms with E-state index in [9.17, 15) is 5.11 Å². The van der Waals surface area contributed by atoms with Crippen molar-refractivity contribution in [2.45, 2.75) is 38.7 Å². The lowest BCUT2D eigenvalue weighted by Gasteiger charge is -2.08. The molecule has 0 amide bonds. The number of hydrogen-bond acceptors (Lipinski definition) is 1. The lowest BCUT2D eigenvalue weighted by molar-refractivity contribution is 0.154. The van der Waals surface area contributed by atoms with Crippen LogP contribution < -0.4 is 0 Å².